The van der Waals surface area contributed by atoms with Crippen LogP contribution >= 0.6 is 11.6 Å². The zero-order valence-electron chi connectivity index (χ0n) is 54.0. The number of nitrogens with zero attached hydrogens (tertiary/aromatic N) is 9. The summed E-state index contributed by atoms with van der Waals surface area (Å²) >= 11 is 6.18. The van der Waals surface area contributed by atoms with Crippen molar-refractivity contribution >= 4 is 95.3 Å². The van der Waals surface area contributed by atoms with Gasteiger partial charge in [0.05, 0.1) is 26.1 Å². The third kappa shape index (κ3) is 19.4. The molecule has 0 bridgehead atoms. The van der Waals surface area contributed by atoms with Crippen molar-refractivity contribution in [1.82, 2.24) is 55.1 Å². The number of carbonyl (C=O) groups is 12. The molecule has 8 atom stereocenters. The van der Waals surface area contributed by atoms with Crippen molar-refractivity contribution in [3.8, 4) is 0 Å². The quantitative estimate of drug-likeness (QED) is 0.142. The Morgan fingerprint density at radius 2 is 1.22 bits per heavy atom. The first-order valence-corrected chi connectivity index (χ1v) is 31.0. The monoisotopic (exact) mass is 1270 g/mol. The lowest BCUT2D eigenvalue weighted by atomic mass is 9.81. The summed E-state index contributed by atoms with van der Waals surface area (Å²) in [6.07, 6.45) is 0.572. The van der Waals surface area contributed by atoms with Gasteiger partial charge in [0.1, 0.15) is 36.3 Å². The standard InChI is InChI=1S/C62H90BClN12O14/c1-13-39(4)54-62(88)70(8)36-52(79)68(6)37-53(80)72(10)48(32-42-23-25-43(64)26-24-42)59(85)69(7)35-50(77)65-45(34-63(89)90)58(84)76-29-19-22-46(76)60(86)74(12)49(31-41-20-15-14-16-21-41)61(87)73(11)47(30-38(2)3)56(82)66-44(57(83)75-27-17-18-28-75)33-51(78)71(9)40(5)55(81)67-54/h14-16,20-21,23-26,38-40,44-45,47-49,54,89-90H,13,17-19,22,27-37H2,1-12H3,(H2-,65,66,67,77,81,82)/p+1/t39-,40-,44-,45+,47+,48-,49-,54-/m0/s1. The largest absolute Gasteiger partial charge is 0.454 e. The van der Waals surface area contributed by atoms with Gasteiger partial charge in [-0.25, -0.2) is 4.79 Å². The minimum Gasteiger partial charge on any atom is -0.427 e. The number of likely N-dealkylation sites (tertiary alicyclic amines) is 1. The Labute approximate surface area is 532 Å². The van der Waals surface area contributed by atoms with Gasteiger partial charge < -0.3 is 65.2 Å². The molecule has 2 aromatic carbocycles. The molecular formula is C62H91BClN12O14+. The first kappa shape index (κ1) is 73.0. The Kier molecular flexibility index (Phi) is 27.0. The van der Waals surface area contributed by atoms with Gasteiger partial charge in [-0.15, -0.1) is 0 Å². The van der Waals surface area contributed by atoms with Crippen LogP contribution in [0.15, 0.2) is 54.6 Å². The number of amides is 12. The summed E-state index contributed by atoms with van der Waals surface area (Å²) in [5, 5.41) is 29.0. The van der Waals surface area contributed by atoms with Gasteiger partial charge in [-0.2, -0.15) is 4.58 Å². The molecule has 0 saturated carbocycles. The van der Waals surface area contributed by atoms with E-state index in [1.54, 1.807) is 68.4 Å². The SMILES string of the molecule is CC[C@H](C)[C@@H]1NC(=O)[C@H](C)N(C)C(=O)C[C@@H](C(=O)N2CCCC2)NC(=O)[C@@H](CC(C)C)N(C)C(=O)[C@H](Cc2ccccc2)N(C)C(=O)C2=[N+](CCC2)C(=O)[C@@H](CB(O)O)NC(=O)CN(C)C(=O)[C@H](Cc2ccc(Cl)cc2)N(C)C(=O)CN(C)C(=O)CN(C)C1=O. The number of likely N-dealkylation sites (N-methyl/N-ethyl adjacent to an activating group) is 7. The van der Waals surface area contributed by atoms with E-state index in [0.29, 0.717) is 48.5 Å². The molecule has 5 N–H and O–H groups in total. The number of carbonyl (C=O) groups excluding carboxylic acids is 12. The van der Waals surface area contributed by atoms with Crippen molar-refractivity contribution in [2.24, 2.45) is 11.8 Å². The van der Waals surface area contributed by atoms with Gasteiger partial charge in [0.2, 0.25) is 64.8 Å². The summed E-state index contributed by atoms with van der Waals surface area (Å²) in [4.78, 5) is 183. The normalized spacial score (nSPS) is 24.4. The van der Waals surface area contributed by atoms with E-state index in [1.165, 1.54) is 71.0 Å². The topological polar surface area (TPSA) is 310 Å². The first-order valence-electron chi connectivity index (χ1n) is 30.7. The van der Waals surface area contributed by atoms with E-state index in [2.05, 4.69) is 16.0 Å². The molecule has 28 heteroatoms. The van der Waals surface area contributed by atoms with Gasteiger partial charge in [0.15, 0.2) is 12.6 Å². The maximum absolute atomic E-state index is 15.3. The molecule has 1 fully saturated rings. The smallest absolute Gasteiger partial charge is 0.427 e. The average molecular weight is 1270 g/mol. The van der Waals surface area contributed by atoms with E-state index in [-0.39, 0.29) is 50.3 Å². The highest BCUT2D eigenvalue weighted by Crippen LogP contribution is 2.22. The van der Waals surface area contributed by atoms with E-state index in [1.807, 2.05) is 13.8 Å². The van der Waals surface area contributed by atoms with E-state index in [0.717, 1.165) is 29.1 Å². The summed E-state index contributed by atoms with van der Waals surface area (Å²) in [5.41, 5.74) is 1.12. The summed E-state index contributed by atoms with van der Waals surface area (Å²) in [5.74, 6) is -9.62. The lowest BCUT2D eigenvalue weighted by Crippen LogP contribution is -2.59. The predicted octanol–water partition coefficient (Wildman–Crippen LogP) is -0.352. The molecule has 0 radical (unpaired) electrons. The lowest BCUT2D eigenvalue weighted by Gasteiger charge is -2.36. The van der Waals surface area contributed by atoms with Crippen LogP contribution in [0.3, 0.4) is 0 Å². The van der Waals surface area contributed by atoms with Crippen LogP contribution in [0, 0.1) is 11.8 Å². The molecule has 492 valence electrons. The lowest BCUT2D eigenvalue weighted by molar-refractivity contribution is -0.442. The van der Waals surface area contributed by atoms with Crippen LogP contribution in [-0.4, -0.2) is 268 Å². The molecular weight excluding hydrogens is 1180 g/mol. The van der Waals surface area contributed by atoms with Crippen molar-refractivity contribution in [3.63, 3.8) is 0 Å². The van der Waals surface area contributed by atoms with Crippen molar-refractivity contribution in [2.45, 2.75) is 141 Å². The van der Waals surface area contributed by atoms with Gasteiger partial charge in [-0.1, -0.05) is 88.2 Å². The minimum atomic E-state index is -2.15. The number of halogens is 1. The molecule has 26 nitrogen and oxygen atoms in total. The zero-order valence-corrected chi connectivity index (χ0v) is 54.7. The van der Waals surface area contributed by atoms with Crippen LogP contribution in [0.5, 0.6) is 0 Å². The fourth-order valence-electron chi connectivity index (χ4n) is 11.1. The van der Waals surface area contributed by atoms with Crippen LogP contribution < -0.4 is 16.0 Å². The first-order chi connectivity index (χ1) is 42.4. The fraction of sp³-hybridized carbons (Fsp3) is 0.597. The highest BCUT2D eigenvalue weighted by molar-refractivity contribution is 6.42. The Hall–Kier alpha value is -7.78. The van der Waals surface area contributed by atoms with E-state index >= 15 is 4.79 Å². The number of hydrogen-bond donors (Lipinski definition) is 5. The van der Waals surface area contributed by atoms with E-state index in [4.69, 9.17) is 11.6 Å². The molecule has 12 amide bonds. The molecule has 0 unspecified atom stereocenters. The molecule has 5 rings (SSSR count). The maximum Gasteiger partial charge on any atom is 0.454 e. The van der Waals surface area contributed by atoms with Crippen LogP contribution in [0.1, 0.15) is 90.7 Å². The second kappa shape index (κ2) is 33.3. The van der Waals surface area contributed by atoms with Crippen LogP contribution in [0.4, 0.5) is 0 Å². The average Bonchev–Trinajstić information content (AvgIpc) is 1.46. The molecule has 0 spiro atoms. The second-order valence-corrected chi connectivity index (χ2v) is 24.9. The molecule has 3 heterocycles. The minimum absolute atomic E-state index is 0.0270. The number of nitrogens with one attached hydrogen (secondary N) is 3. The summed E-state index contributed by atoms with van der Waals surface area (Å²) in [7, 11) is 7.29. The van der Waals surface area contributed by atoms with Gasteiger partial charge in [-0.3, -0.25) is 52.7 Å². The zero-order chi connectivity index (χ0) is 67.0. The predicted molar refractivity (Wildman–Crippen MR) is 335 cm³/mol. The van der Waals surface area contributed by atoms with Gasteiger partial charge in [0, 0.05) is 99.4 Å². The highest BCUT2D eigenvalue weighted by Gasteiger charge is 2.45. The van der Waals surface area contributed by atoms with Crippen molar-refractivity contribution < 1.29 is 72.2 Å². The molecule has 0 aromatic heterocycles. The fourth-order valence-corrected chi connectivity index (χ4v) is 11.3. The molecule has 90 heavy (non-hydrogen) atoms. The number of rotatable bonds is 11. The molecule has 0 aliphatic carbocycles. The van der Waals surface area contributed by atoms with Gasteiger partial charge in [-0.05, 0) is 61.3 Å². The molecule has 3 aliphatic rings. The van der Waals surface area contributed by atoms with Gasteiger partial charge >= 0.3 is 18.9 Å². The second-order valence-electron chi connectivity index (χ2n) is 24.4. The third-order valence-corrected chi connectivity index (χ3v) is 17.5. The Morgan fingerprint density at radius 3 is 1.81 bits per heavy atom. The Bertz CT molecular complexity index is 2980. The molecule has 2 aromatic rings. The summed E-state index contributed by atoms with van der Waals surface area (Å²) < 4.78 is 1.11. The highest BCUT2D eigenvalue weighted by atomic mass is 35.5. The van der Waals surface area contributed by atoms with Crippen molar-refractivity contribution in [2.75, 3.05) is 88.6 Å². The van der Waals surface area contributed by atoms with E-state index in [9.17, 15) is 62.8 Å². The van der Waals surface area contributed by atoms with Crippen LogP contribution in [0.2, 0.25) is 11.3 Å². The molecule has 1 saturated heterocycles. The summed E-state index contributed by atoms with van der Waals surface area (Å²) in [6, 6.07) is 5.72. The Balaban J connectivity index is 1.60. The van der Waals surface area contributed by atoms with Crippen molar-refractivity contribution in [1.29, 1.82) is 0 Å². The van der Waals surface area contributed by atoms with Crippen LogP contribution in [0.25, 0.3) is 0 Å². The van der Waals surface area contributed by atoms with Gasteiger partial charge in [0.25, 0.3) is 0 Å². The van der Waals surface area contributed by atoms with E-state index < -0.39 is 159 Å². The Morgan fingerprint density at radius 1 is 0.644 bits per heavy atom. The summed E-state index contributed by atoms with van der Waals surface area (Å²) in [6.45, 7) is 7.43. The number of benzene rings is 2. The molecule has 3 aliphatic heterocycles. The number of hydrogen-bond acceptors (Lipinski definition) is 14. The van der Waals surface area contributed by atoms with Crippen LogP contribution in [-0.2, 0) is 70.4 Å². The third-order valence-electron chi connectivity index (χ3n) is 17.2. The maximum atomic E-state index is 15.3. The van der Waals surface area contributed by atoms with Crippen molar-refractivity contribution in [3.05, 3.63) is 70.7 Å².